The van der Waals surface area contributed by atoms with Gasteiger partial charge in [0.1, 0.15) is 5.82 Å². The number of fused-ring (bicyclic) bond motifs is 1. The fourth-order valence-corrected chi connectivity index (χ4v) is 4.10. The molecule has 0 radical (unpaired) electrons. The number of nitrogens with one attached hydrogen (secondary N) is 1. The Morgan fingerprint density at radius 3 is 3.00 bits per heavy atom. The quantitative estimate of drug-likeness (QED) is 0.840. The molecule has 6 nitrogen and oxygen atoms in total. The van der Waals surface area contributed by atoms with Crippen LogP contribution < -0.4 is 16.0 Å². The number of hydrogen-bond donors (Lipinski definition) is 2. The summed E-state index contributed by atoms with van der Waals surface area (Å²) in [7, 11) is 0. The second kappa shape index (κ2) is 7.29. The molecular weight excluding hydrogens is 350 g/mol. The number of nitrogens with zero attached hydrogens (tertiary/aromatic N) is 3. The summed E-state index contributed by atoms with van der Waals surface area (Å²) in [5.41, 5.74) is 10.3. The Morgan fingerprint density at radius 2 is 2.15 bits per heavy atom. The molecule has 3 N–H and O–H groups in total. The lowest BCUT2D eigenvalue weighted by molar-refractivity contribution is 0.134. The van der Waals surface area contributed by atoms with E-state index in [-0.39, 0.29) is 6.04 Å². The van der Waals surface area contributed by atoms with Crippen LogP contribution in [0.3, 0.4) is 0 Å². The zero-order valence-corrected chi connectivity index (χ0v) is 15.7. The van der Waals surface area contributed by atoms with Gasteiger partial charge in [0.15, 0.2) is 0 Å². The average Bonchev–Trinajstić information content (AvgIpc) is 2.86. The van der Waals surface area contributed by atoms with Crippen molar-refractivity contribution in [3.05, 3.63) is 40.0 Å². The predicted molar refractivity (Wildman–Crippen MR) is 105 cm³/mol. The molecule has 7 heteroatoms. The first-order valence-electron chi connectivity index (χ1n) is 9.13. The van der Waals surface area contributed by atoms with Crippen molar-refractivity contribution in [1.82, 2.24) is 9.97 Å². The van der Waals surface area contributed by atoms with Gasteiger partial charge < -0.3 is 20.7 Å². The molecule has 2 aliphatic rings. The standard InChI is InChI=1S/C19H24ClN5O/c1-12-8-18(24-19(21)23-12)25-6-3-7-26-11-17(25)14-10-16-13(9-15(14)20)4-2-5-22-16/h8-10,17,22H,2-7,11H2,1H3,(H2,21,23,24). The number of hydrogen-bond acceptors (Lipinski definition) is 6. The van der Waals surface area contributed by atoms with Gasteiger partial charge in [-0.3, -0.25) is 0 Å². The van der Waals surface area contributed by atoms with E-state index >= 15 is 0 Å². The number of ether oxygens (including phenoxy) is 1. The van der Waals surface area contributed by atoms with Crippen LogP contribution in [0.5, 0.6) is 0 Å². The van der Waals surface area contributed by atoms with Gasteiger partial charge in [0.25, 0.3) is 0 Å². The summed E-state index contributed by atoms with van der Waals surface area (Å²) < 4.78 is 5.88. The highest BCUT2D eigenvalue weighted by atomic mass is 35.5. The van der Waals surface area contributed by atoms with E-state index in [2.05, 4.69) is 32.3 Å². The van der Waals surface area contributed by atoms with Crippen molar-refractivity contribution in [2.75, 3.05) is 42.3 Å². The maximum absolute atomic E-state index is 6.70. The van der Waals surface area contributed by atoms with Gasteiger partial charge in [-0.15, -0.1) is 0 Å². The minimum absolute atomic E-state index is 0.00673. The first-order valence-corrected chi connectivity index (χ1v) is 9.51. The van der Waals surface area contributed by atoms with Gasteiger partial charge in [-0.2, -0.15) is 4.98 Å². The summed E-state index contributed by atoms with van der Waals surface area (Å²) in [6, 6.07) is 6.24. The predicted octanol–water partition coefficient (Wildman–Crippen LogP) is 3.35. The van der Waals surface area contributed by atoms with Crippen LogP contribution >= 0.6 is 11.6 Å². The maximum Gasteiger partial charge on any atom is 0.222 e. The van der Waals surface area contributed by atoms with Gasteiger partial charge in [0.05, 0.1) is 12.6 Å². The van der Waals surface area contributed by atoms with Crippen LogP contribution in [-0.4, -0.2) is 36.3 Å². The van der Waals surface area contributed by atoms with E-state index in [4.69, 9.17) is 22.1 Å². The van der Waals surface area contributed by atoms with E-state index < -0.39 is 0 Å². The van der Waals surface area contributed by atoms with E-state index in [1.54, 1.807) is 0 Å². The average molecular weight is 374 g/mol. The van der Waals surface area contributed by atoms with Crippen molar-refractivity contribution in [1.29, 1.82) is 0 Å². The third-order valence-corrected chi connectivity index (χ3v) is 5.34. The van der Waals surface area contributed by atoms with Crippen molar-refractivity contribution >= 4 is 29.1 Å². The molecule has 1 unspecified atom stereocenters. The minimum atomic E-state index is -0.00673. The SMILES string of the molecule is Cc1cc(N2CCCOCC2c2cc3c(cc2Cl)CCCN3)nc(N)n1. The van der Waals surface area contributed by atoms with Crippen molar-refractivity contribution in [2.45, 2.75) is 32.2 Å². The Morgan fingerprint density at radius 1 is 1.27 bits per heavy atom. The molecule has 2 aliphatic heterocycles. The zero-order chi connectivity index (χ0) is 18.1. The molecular formula is C19H24ClN5O. The van der Waals surface area contributed by atoms with Crippen molar-refractivity contribution in [3.63, 3.8) is 0 Å². The van der Waals surface area contributed by atoms with Gasteiger partial charge in [-0.1, -0.05) is 11.6 Å². The van der Waals surface area contributed by atoms with E-state index in [1.807, 2.05) is 13.0 Å². The van der Waals surface area contributed by atoms with E-state index in [0.29, 0.717) is 12.6 Å². The first kappa shape index (κ1) is 17.4. The zero-order valence-electron chi connectivity index (χ0n) is 15.0. The molecule has 1 aromatic heterocycles. The lowest BCUT2D eigenvalue weighted by Gasteiger charge is -2.32. The summed E-state index contributed by atoms with van der Waals surface area (Å²) >= 11 is 6.70. The number of aromatic nitrogens is 2. The van der Waals surface area contributed by atoms with E-state index in [9.17, 15) is 0 Å². The van der Waals surface area contributed by atoms with Gasteiger partial charge in [-0.05, 0) is 49.4 Å². The maximum atomic E-state index is 6.70. The summed E-state index contributed by atoms with van der Waals surface area (Å²) in [6.45, 7) is 5.07. The minimum Gasteiger partial charge on any atom is -0.385 e. The molecule has 138 valence electrons. The Bertz CT molecular complexity index is 793. The van der Waals surface area contributed by atoms with E-state index in [1.165, 1.54) is 11.3 Å². The molecule has 1 saturated heterocycles. The Labute approximate surface area is 158 Å². The normalized spacial score (nSPS) is 20.2. The lowest BCUT2D eigenvalue weighted by atomic mass is 9.97. The van der Waals surface area contributed by atoms with Gasteiger partial charge in [-0.25, -0.2) is 4.98 Å². The van der Waals surface area contributed by atoms with E-state index in [0.717, 1.165) is 61.1 Å². The van der Waals surface area contributed by atoms with Crippen LogP contribution in [-0.2, 0) is 11.2 Å². The van der Waals surface area contributed by atoms with Crippen LogP contribution in [0.15, 0.2) is 18.2 Å². The molecule has 0 saturated carbocycles. The molecule has 0 bridgehead atoms. The molecule has 1 fully saturated rings. The number of benzene rings is 1. The largest absolute Gasteiger partial charge is 0.385 e. The molecule has 1 atom stereocenters. The monoisotopic (exact) mass is 373 g/mol. The lowest BCUT2D eigenvalue weighted by Crippen LogP contribution is -2.32. The highest BCUT2D eigenvalue weighted by Crippen LogP contribution is 2.37. The highest BCUT2D eigenvalue weighted by Gasteiger charge is 2.28. The molecule has 26 heavy (non-hydrogen) atoms. The smallest absolute Gasteiger partial charge is 0.222 e. The van der Waals surface area contributed by atoms with Crippen LogP contribution in [0.4, 0.5) is 17.5 Å². The van der Waals surface area contributed by atoms with Gasteiger partial charge >= 0.3 is 0 Å². The third-order valence-electron chi connectivity index (χ3n) is 5.01. The number of aryl methyl sites for hydroxylation is 2. The van der Waals surface area contributed by atoms with Gasteiger partial charge in [0, 0.05) is 42.2 Å². The Kier molecular flexibility index (Phi) is 4.87. The molecule has 2 aromatic rings. The summed E-state index contributed by atoms with van der Waals surface area (Å²) in [5.74, 6) is 1.12. The first-order chi connectivity index (χ1) is 12.6. The second-order valence-electron chi connectivity index (χ2n) is 6.92. The van der Waals surface area contributed by atoms with Crippen LogP contribution in [0, 0.1) is 6.92 Å². The number of rotatable bonds is 2. The molecule has 3 heterocycles. The molecule has 0 amide bonds. The summed E-state index contributed by atoms with van der Waals surface area (Å²) in [4.78, 5) is 10.9. The number of halogens is 1. The molecule has 0 aliphatic carbocycles. The van der Waals surface area contributed by atoms with Crippen molar-refractivity contribution in [2.24, 2.45) is 0 Å². The van der Waals surface area contributed by atoms with Crippen LogP contribution in [0.25, 0.3) is 0 Å². The number of nitrogens with two attached hydrogens (primary N) is 1. The summed E-state index contributed by atoms with van der Waals surface area (Å²) in [5, 5.41) is 4.28. The number of anilines is 3. The topological polar surface area (TPSA) is 76.3 Å². The Hall–Kier alpha value is -2.05. The highest BCUT2D eigenvalue weighted by molar-refractivity contribution is 6.31. The van der Waals surface area contributed by atoms with Crippen molar-refractivity contribution in [3.8, 4) is 0 Å². The summed E-state index contributed by atoms with van der Waals surface area (Å²) in [6.07, 6.45) is 3.13. The third kappa shape index (κ3) is 3.44. The molecule has 0 spiro atoms. The fraction of sp³-hybridized carbons (Fsp3) is 0.474. The van der Waals surface area contributed by atoms with Crippen LogP contribution in [0.2, 0.25) is 5.02 Å². The number of nitrogen functional groups attached to an aromatic ring is 1. The van der Waals surface area contributed by atoms with Crippen LogP contribution in [0.1, 0.15) is 35.7 Å². The molecule has 4 rings (SSSR count). The fourth-order valence-electron chi connectivity index (χ4n) is 3.79. The second-order valence-corrected chi connectivity index (χ2v) is 7.33. The van der Waals surface area contributed by atoms with Gasteiger partial charge in [0.2, 0.25) is 5.95 Å². The molecule has 1 aromatic carbocycles. The Balaban J connectivity index is 1.76. The van der Waals surface area contributed by atoms with Crippen molar-refractivity contribution < 1.29 is 4.74 Å².